The summed E-state index contributed by atoms with van der Waals surface area (Å²) in [5, 5.41) is 11.6. The van der Waals surface area contributed by atoms with E-state index in [1.165, 1.54) is 0 Å². The van der Waals surface area contributed by atoms with Crippen LogP contribution in [-0.4, -0.2) is 24.2 Å². The van der Waals surface area contributed by atoms with Gasteiger partial charge in [-0.05, 0) is 37.0 Å². The first-order valence-corrected chi connectivity index (χ1v) is 6.49. The number of aliphatic hydroxyl groups excluding tert-OH is 1. The van der Waals surface area contributed by atoms with Crippen LogP contribution in [0.5, 0.6) is 0 Å². The molecule has 4 heteroatoms. The van der Waals surface area contributed by atoms with Gasteiger partial charge in [0.25, 0.3) is 5.91 Å². The van der Waals surface area contributed by atoms with Crippen LogP contribution in [0.15, 0.2) is 22.7 Å². The van der Waals surface area contributed by atoms with Crippen LogP contribution in [0.4, 0.5) is 0 Å². The molecule has 94 valence electrons. The topological polar surface area (TPSA) is 49.3 Å². The third-order valence-corrected chi connectivity index (χ3v) is 3.52. The van der Waals surface area contributed by atoms with Gasteiger partial charge in [-0.25, -0.2) is 0 Å². The van der Waals surface area contributed by atoms with E-state index in [4.69, 9.17) is 5.11 Å². The lowest BCUT2D eigenvalue weighted by Gasteiger charge is -2.11. The fourth-order valence-electron chi connectivity index (χ4n) is 1.43. The van der Waals surface area contributed by atoms with E-state index in [2.05, 4.69) is 21.2 Å². The highest BCUT2D eigenvalue weighted by atomic mass is 79.9. The Morgan fingerprint density at radius 1 is 1.53 bits per heavy atom. The number of benzene rings is 1. The quantitative estimate of drug-likeness (QED) is 0.878. The first-order valence-electron chi connectivity index (χ1n) is 5.69. The van der Waals surface area contributed by atoms with Crippen molar-refractivity contribution in [2.75, 3.05) is 13.2 Å². The van der Waals surface area contributed by atoms with Crippen molar-refractivity contribution in [2.45, 2.75) is 20.3 Å². The minimum atomic E-state index is -0.0736. The summed E-state index contributed by atoms with van der Waals surface area (Å²) in [6.45, 7) is 4.73. The molecule has 3 nitrogen and oxygen atoms in total. The maximum absolute atomic E-state index is 11.8. The number of halogens is 1. The zero-order chi connectivity index (χ0) is 12.8. The SMILES string of the molecule is Cc1ccc(C(=O)NCC(C)CCO)cc1Br. The van der Waals surface area contributed by atoms with E-state index >= 15 is 0 Å². The summed E-state index contributed by atoms with van der Waals surface area (Å²) >= 11 is 3.41. The fourth-order valence-corrected chi connectivity index (χ4v) is 1.80. The molecule has 0 radical (unpaired) electrons. The molecular weight excluding hydrogens is 282 g/mol. The number of aryl methyl sites for hydroxylation is 1. The van der Waals surface area contributed by atoms with Gasteiger partial charge in [-0.1, -0.05) is 28.9 Å². The van der Waals surface area contributed by atoms with E-state index in [0.717, 1.165) is 10.0 Å². The van der Waals surface area contributed by atoms with Crippen molar-refractivity contribution in [2.24, 2.45) is 5.92 Å². The Hall–Kier alpha value is -0.870. The normalized spacial score (nSPS) is 12.2. The number of carbonyl (C=O) groups excluding carboxylic acids is 1. The van der Waals surface area contributed by atoms with E-state index in [1.807, 2.05) is 32.0 Å². The van der Waals surface area contributed by atoms with Crippen LogP contribution in [0.3, 0.4) is 0 Å². The second kappa shape index (κ2) is 6.77. The molecule has 1 rings (SSSR count). The molecule has 0 heterocycles. The van der Waals surface area contributed by atoms with Crippen LogP contribution in [0.1, 0.15) is 29.3 Å². The summed E-state index contributed by atoms with van der Waals surface area (Å²) < 4.78 is 0.938. The molecule has 0 saturated carbocycles. The van der Waals surface area contributed by atoms with Crippen molar-refractivity contribution in [1.29, 1.82) is 0 Å². The summed E-state index contributed by atoms with van der Waals surface area (Å²) in [6, 6.07) is 5.55. The summed E-state index contributed by atoms with van der Waals surface area (Å²) in [5.41, 5.74) is 1.76. The van der Waals surface area contributed by atoms with Gasteiger partial charge in [0.1, 0.15) is 0 Å². The Morgan fingerprint density at radius 2 is 2.24 bits per heavy atom. The average molecular weight is 300 g/mol. The molecule has 1 atom stereocenters. The average Bonchev–Trinajstić information content (AvgIpc) is 2.30. The minimum absolute atomic E-state index is 0.0736. The highest BCUT2D eigenvalue weighted by Gasteiger charge is 2.08. The largest absolute Gasteiger partial charge is 0.396 e. The van der Waals surface area contributed by atoms with Gasteiger partial charge >= 0.3 is 0 Å². The molecular formula is C13H18BrNO2. The number of aliphatic hydroxyl groups is 1. The molecule has 17 heavy (non-hydrogen) atoms. The summed E-state index contributed by atoms with van der Waals surface area (Å²) in [6.07, 6.45) is 0.706. The first kappa shape index (κ1) is 14.2. The van der Waals surface area contributed by atoms with Gasteiger partial charge in [0.2, 0.25) is 0 Å². The van der Waals surface area contributed by atoms with Gasteiger partial charge in [0.15, 0.2) is 0 Å². The Morgan fingerprint density at radius 3 is 2.82 bits per heavy atom. The molecule has 2 N–H and O–H groups in total. The second-order valence-electron chi connectivity index (χ2n) is 4.29. The van der Waals surface area contributed by atoms with Gasteiger partial charge in [-0.2, -0.15) is 0 Å². The number of hydrogen-bond donors (Lipinski definition) is 2. The highest BCUT2D eigenvalue weighted by Crippen LogP contribution is 2.17. The van der Waals surface area contributed by atoms with Crippen LogP contribution in [0.25, 0.3) is 0 Å². The molecule has 1 amide bonds. The van der Waals surface area contributed by atoms with Crippen molar-refractivity contribution < 1.29 is 9.90 Å². The van der Waals surface area contributed by atoms with Crippen molar-refractivity contribution >= 4 is 21.8 Å². The van der Waals surface area contributed by atoms with Crippen molar-refractivity contribution in [3.05, 3.63) is 33.8 Å². The van der Waals surface area contributed by atoms with E-state index in [9.17, 15) is 4.79 Å². The lowest BCUT2D eigenvalue weighted by Crippen LogP contribution is -2.28. The van der Waals surface area contributed by atoms with Crippen LogP contribution >= 0.6 is 15.9 Å². The van der Waals surface area contributed by atoms with Crippen LogP contribution in [-0.2, 0) is 0 Å². The van der Waals surface area contributed by atoms with E-state index in [0.29, 0.717) is 18.5 Å². The number of carbonyl (C=O) groups is 1. The summed E-state index contributed by atoms with van der Waals surface area (Å²) in [7, 11) is 0. The Kier molecular flexibility index (Phi) is 5.65. The van der Waals surface area contributed by atoms with E-state index in [-0.39, 0.29) is 18.4 Å². The molecule has 0 aliphatic heterocycles. The molecule has 0 spiro atoms. The zero-order valence-corrected chi connectivity index (χ0v) is 11.8. The first-order chi connectivity index (χ1) is 8.04. The van der Waals surface area contributed by atoms with Crippen LogP contribution in [0.2, 0.25) is 0 Å². The molecule has 1 unspecified atom stereocenters. The Bertz CT molecular complexity index is 393. The summed E-state index contributed by atoms with van der Waals surface area (Å²) in [4.78, 5) is 11.8. The summed E-state index contributed by atoms with van der Waals surface area (Å²) in [5.74, 6) is 0.216. The van der Waals surface area contributed by atoms with Crippen molar-refractivity contribution in [1.82, 2.24) is 5.32 Å². The standard InChI is InChI=1S/C13H18BrNO2/c1-9(5-6-16)8-15-13(17)11-4-3-10(2)12(14)7-11/h3-4,7,9,16H,5-6,8H2,1-2H3,(H,15,17). The van der Waals surface area contributed by atoms with Gasteiger partial charge in [0.05, 0.1) is 0 Å². The zero-order valence-electron chi connectivity index (χ0n) is 10.2. The van der Waals surface area contributed by atoms with Gasteiger partial charge in [-0.3, -0.25) is 4.79 Å². The maximum atomic E-state index is 11.8. The molecule has 0 aliphatic carbocycles. The molecule has 0 bridgehead atoms. The van der Waals surface area contributed by atoms with Gasteiger partial charge in [-0.15, -0.1) is 0 Å². The molecule has 1 aromatic rings. The molecule has 0 saturated heterocycles. The molecule has 0 aromatic heterocycles. The van der Waals surface area contributed by atoms with Gasteiger partial charge < -0.3 is 10.4 Å². The third kappa shape index (κ3) is 4.48. The molecule has 0 fully saturated rings. The lowest BCUT2D eigenvalue weighted by molar-refractivity contribution is 0.0945. The Balaban J connectivity index is 2.55. The van der Waals surface area contributed by atoms with Crippen molar-refractivity contribution in [3.8, 4) is 0 Å². The maximum Gasteiger partial charge on any atom is 0.251 e. The van der Waals surface area contributed by atoms with Gasteiger partial charge in [0, 0.05) is 23.2 Å². The lowest BCUT2D eigenvalue weighted by atomic mass is 10.1. The predicted molar refractivity (Wildman–Crippen MR) is 72.1 cm³/mol. The Labute approximate surface area is 110 Å². The van der Waals surface area contributed by atoms with Crippen LogP contribution < -0.4 is 5.32 Å². The number of nitrogens with one attached hydrogen (secondary N) is 1. The van der Waals surface area contributed by atoms with Crippen molar-refractivity contribution in [3.63, 3.8) is 0 Å². The molecule has 1 aromatic carbocycles. The van der Waals surface area contributed by atoms with E-state index in [1.54, 1.807) is 0 Å². The third-order valence-electron chi connectivity index (χ3n) is 2.67. The smallest absolute Gasteiger partial charge is 0.251 e. The molecule has 0 aliphatic rings. The number of rotatable bonds is 5. The highest BCUT2D eigenvalue weighted by molar-refractivity contribution is 9.10. The van der Waals surface area contributed by atoms with Crippen LogP contribution in [0, 0.1) is 12.8 Å². The predicted octanol–water partition coefficient (Wildman–Crippen LogP) is 2.51. The second-order valence-corrected chi connectivity index (χ2v) is 5.15. The number of amides is 1. The fraction of sp³-hybridized carbons (Fsp3) is 0.462. The number of hydrogen-bond acceptors (Lipinski definition) is 2. The van der Waals surface area contributed by atoms with E-state index < -0.39 is 0 Å². The monoisotopic (exact) mass is 299 g/mol. The minimum Gasteiger partial charge on any atom is -0.396 e.